The van der Waals surface area contributed by atoms with Crippen LogP contribution in [0.25, 0.3) is 0 Å². The number of carbonyl (C=O) groups excluding carboxylic acids is 1. The number of carbonyl (C=O) groups is 1. The van der Waals surface area contributed by atoms with Crippen molar-refractivity contribution in [2.75, 3.05) is 19.8 Å². The molecule has 9 nitrogen and oxygen atoms in total. The Morgan fingerprint density at radius 1 is 0.971 bits per heavy atom. The second-order valence-electron chi connectivity index (χ2n) is 9.35. The van der Waals surface area contributed by atoms with Crippen LogP contribution in [0.4, 0.5) is 0 Å². The lowest BCUT2D eigenvalue weighted by Crippen LogP contribution is -2.40. The number of rotatable bonds is 21. The average Bonchev–Trinajstić information content (AvgIpc) is 2.82. The second kappa shape index (κ2) is 20.0. The van der Waals surface area contributed by atoms with E-state index in [2.05, 4.69) is 22.2 Å². The molecule has 9 heteroatoms. The van der Waals surface area contributed by atoms with Gasteiger partial charge in [0.05, 0.1) is 18.2 Å². The van der Waals surface area contributed by atoms with E-state index in [-0.39, 0.29) is 24.6 Å². The number of hydrogen-bond acceptors (Lipinski definition) is 7. The van der Waals surface area contributed by atoms with E-state index < -0.39 is 0 Å². The first-order valence-electron chi connectivity index (χ1n) is 13.7. The molecule has 1 atom stereocenters. The summed E-state index contributed by atoms with van der Waals surface area (Å²) >= 11 is 0. The van der Waals surface area contributed by atoms with Crippen molar-refractivity contribution in [3.05, 3.63) is 11.3 Å². The smallest absolute Gasteiger partial charge is 0.337 e. The number of aliphatic hydroxyl groups is 1. The van der Waals surface area contributed by atoms with E-state index >= 15 is 0 Å². The quantitative estimate of drug-likeness (QED) is 0.0704. The van der Waals surface area contributed by atoms with Gasteiger partial charge in [-0.1, -0.05) is 77.6 Å². The summed E-state index contributed by atoms with van der Waals surface area (Å²) in [6.07, 6.45) is 16.4. The normalized spacial score (nSPS) is 15.5. The Kier molecular flexibility index (Phi) is 17.5. The van der Waals surface area contributed by atoms with Gasteiger partial charge in [0.25, 0.3) is 0 Å². The standard InChI is InChI=1S/C26H50N6O3/c1-2-3-4-5-6-9-12-16-21-23(22(17-15-19-33)32-26(29)31-21)24(34)35-20-14-11-8-7-10-13-18-30-25(27)28/h21,33H,2-20H2,1H3,(H4,27,28,30)(H3,29,31,32)/t21-/m0/s1. The minimum atomic E-state index is -0.313. The Labute approximate surface area is 212 Å². The van der Waals surface area contributed by atoms with Crippen molar-refractivity contribution < 1.29 is 14.6 Å². The Bertz CT molecular complexity index is 674. The third kappa shape index (κ3) is 14.7. The summed E-state index contributed by atoms with van der Waals surface area (Å²) < 4.78 is 5.65. The van der Waals surface area contributed by atoms with Crippen LogP contribution < -0.4 is 22.5 Å². The van der Waals surface area contributed by atoms with Gasteiger partial charge in [-0.15, -0.1) is 0 Å². The molecule has 1 heterocycles. The molecule has 8 N–H and O–H groups in total. The second-order valence-corrected chi connectivity index (χ2v) is 9.35. The maximum absolute atomic E-state index is 13.0. The molecule has 0 amide bonds. The first kappa shape index (κ1) is 30.7. The molecular weight excluding hydrogens is 444 g/mol. The number of guanidine groups is 2. The van der Waals surface area contributed by atoms with Crippen LogP contribution in [0.15, 0.2) is 21.3 Å². The highest BCUT2D eigenvalue weighted by molar-refractivity contribution is 5.94. The van der Waals surface area contributed by atoms with Gasteiger partial charge in [-0.05, 0) is 32.1 Å². The van der Waals surface area contributed by atoms with Gasteiger partial charge in [0.15, 0.2) is 11.9 Å². The lowest BCUT2D eigenvalue weighted by Gasteiger charge is -2.26. The number of hydrogen-bond donors (Lipinski definition) is 5. The summed E-state index contributed by atoms with van der Waals surface area (Å²) in [6, 6.07) is -0.279. The topological polar surface area (TPSA) is 161 Å². The van der Waals surface area contributed by atoms with Crippen molar-refractivity contribution in [1.29, 1.82) is 0 Å². The molecule has 1 rings (SSSR count). The Morgan fingerprint density at radius 2 is 1.60 bits per heavy atom. The number of allylic oxidation sites excluding steroid dienone is 1. The van der Waals surface area contributed by atoms with Crippen LogP contribution in [0.2, 0.25) is 0 Å². The van der Waals surface area contributed by atoms with Gasteiger partial charge in [0.1, 0.15) is 0 Å². The molecule has 35 heavy (non-hydrogen) atoms. The predicted octanol–water partition coefficient (Wildman–Crippen LogP) is 3.60. The fourth-order valence-corrected chi connectivity index (χ4v) is 4.28. The van der Waals surface area contributed by atoms with E-state index in [1.165, 1.54) is 32.1 Å². The monoisotopic (exact) mass is 494 g/mol. The molecule has 0 fully saturated rings. The van der Waals surface area contributed by atoms with Gasteiger partial charge < -0.3 is 32.4 Å². The van der Waals surface area contributed by atoms with Crippen LogP contribution in [0.1, 0.15) is 110 Å². The van der Waals surface area contributed by atoms with Crippen LogP contribution >= 0.6 is 0 Å². The molecule has 0 aromatic heterocycles. The van der Waals surface area contributed by atoms with Gasteiger partial charge >= 0.3 is 5.97 Å². The van der Waals surface area contributed by atoms with Gasteiger partial charge in [0.2, 0.25) is 0 Å². The van der Waals surface area contributed by atoms with Crippen molar-refractivity contribution in [2.45, 2.75) is 116 Å². The lowest BCUT2D eigenvalue weighted by atomic mass is 9.95. The van der Waals surface area contributed by atoms with Crippen molar-refractivity contribution in [3.8, 4) is 0 Å². The highest BCUT2D eigenvalue weighted by atomic mass is 16.5. The maximum Gasteiger partial charge on any atom is 0.337 e. The molecule has 0 radical (unpaired) electrons. The van der Waals surface area contributed by atoms with E-state index in [0.717, 1.165) is 63.5 Å². The Morgan fingerprint density at radius 3 is 2.26 bits per heavy atom. The summed E-state index contributed by atoms with van der Waals surface area (Å²) in [4.78, 5) is 21.5. The molecular formula is C26H50N6O3. The van der Waals surface area contributed by atoms with Crippen LogP contribution in [0, 0.1) is 0 Å². The molecule has 0 spiro atoms. The van der Waals surface area contributed by atoms with Gasteiger partial charge in [-0.2, -0.15) is 0 Å². The molecule has 0 saturated heterocycles. The number of aliphatic imine (C=N–C) groups is 2. The Hall–Kier alpha value is -2.29. The molecule has 0 aliphatic carbocycles. The van der Waals surface area contributed by atoms with Gasteiger partial charge in [0, 0.05) is 18.8 Å². The number of aliphatic hydroxyl groups excluding tert-OH is 1. The zero-order valence-corrected chi connectivity index (χ0v) is 21.9. The molecule has 0 bridgehead atoms. The van der Waals surface area contributed by atoms with Crippen molar-refractivity contribution in [2.24, 2.45) is 27.2 Å². The SMILES string of the molecule is CCCCCCCCC[C@@H]1N=C(N)NC(CCCO)=C1C(=O)OCCCCCCCCN=C(N)N. The third-order valence-electron chi connectivity index (χ3n) is 6.20. The minimum Gasteiger partial charge on any atom is -0.462 e. The van der Waals surface area contributed by atoms with E-state index in [1.807, 2.05) is 0 Å². The number of esters is 1. The largest absolute Gasteiger partial charge is 0.462 e. The van der Waals surface area contributed by atoms with Crippen molar-refractivity contribution in [1.82, 2.24) is 5.32 Å². The zero-order valence-electron chi connectivity index (χ0n) is 21.9. The highest BCUT2D eigenvalue weighted by Gasteiger charge is 2.29. The summed E-state index contributed by atoms with van der Waals surface area (Å²) in [5.74, 6) is 0.168. The Balaban J connectivity index is 2.48. The van der Waals surface area contributed by atoms with Gasteiger partial charge in [-0.3, -0.25) is 4.99 Å². The number of nitrogens with zero attached hydrogens (tertiary/aromatic N) is 2. The zero-order chi connectivity index (χ0) is 25.7. The molecule has 202 valence electrons. The fourth-order valence-electron chi connectivity index (χ4n) is 4.28. The van der Waals surface area contributed by atoms with E-state index in [9.17, 15) is 9.90 Å². The van der Waals surface area contributed by atoms with Crippen molar-refractivity contribution in [3.63, 3.8) is 0 Å². The molecule has 0 unspecified atom stereocenters. The lowest BCUT2D eigenvalue weighted by molar-refractivity contribution is -0.139. The number of nitrogens with two attached hydrogens (primary N) is 3. The molecule has 0 aromatic rings. The van der Waals surface area contributed by atoms with E-state index in [4.69, 9.17) is 21.9 Å². The van der Waals surface area contributed by atoms with Crippen LogP contribution in [0.3, 0.4) is 0 Å². The van der Waals surface area contributed by atoms with Crippen molar-refractivity contribution >= 4 is 17.9 Å². The minimum absolute atomic E-state index is 0.0545. The third-order valence-corrected chi connectivity index (χ3v) is 6.20. The maximum atomic E-state index is 13.0. The first-order chi connectivity index (χ1) is 17.0. The number of ether oxygens (including phenoxy) is 1. The van der Waals surface area contributed by atoms with E-state index in [1.54, 1.807) is 0 Å². The number of unbranched alkanes of at least 4 members (excludes halogenated alkanes) is 11. The van der Waals surface area contributed by atoms with Crippen LogP contribution in [-0.4, -0.2) is 48.8 Å². The van der Waals surface area contributed by atoms with Gasteiger partial charge in [-0.25, -0.2) is 9.79 Å². The van der Waals surface area contributed by atoms with E-state index in [0.29, 0.717) is 37.5 Å². The predicted molar refractivity (Wildman–Crippen MR) is 144 cm³/mol. The highest BCUT2D eigenvalue weighted by Crippen LogP contribution is 2.25. The van der Waals surface area contributed by atoms with Crippen LogP contribution in [0.5, 0.6) is 0 Å². The average molecular weight is 495 g/mol. The summed E-state index contributed by atoms with van der Waals surface area (Å²) in [6.45, 7) is 3.35. The number of nitrogens with one attached hydrogen (secondary N) is 1. The molecule has 1 aliphatic heterocycles. The molecule has 0 aromatic carbocycles. The molecule has 0 saturated carbocycles. The first-order valence-corrected chi connectivity index (χ1v) is 13.7. The van der Waals surface area contributed by atoms with Crippen LogP contribution in [-0.2, 0) is 9.53 Å². The summed E-state index contributed by atoms with van der Waals surface area (Å²) in [5.41, 5.74) is 18.0. The fraction of sp³-hybridized carbons (Fsp3) is 0.808. The molecule has 1 aliphatic rings. The summed E-state index contributed by atoms with van der Waals surface area (Å²) in [7, 11) is 0. The summed E-state index contributed by atoms with van der Waals surface area (Å²) in [5, 5.41) is 12.3.